The number of carbonyl (C=O) groups is 1. The minimum atomic E-state index is -2.43. The number of hydrogen-bond donors (Lipinski definition) is 0. The van der Waals surface area contributed by atoms with Crippen LogP contribution < -0.4 is 0 Å². The molecule has 0 saturated carbocycles. The van der Waals surface area contributed by atoms with E-state index in [0.29, 0.717) is 29.2 Å². The van der Waals surface area contributed by atoms with Gasteiger partial charge in [-0.05, 0) is 47.7 Å². The van der Waals surface area contributed by atoms with E-state index in [1.165, 1.54) is 0 Å². The maximum absolute atomic E-state index is 12.4. The van der Waals surface area contributed by atoms with Crippen LogP contribution in [-0.2, 0) is 9.53 Å². The molecule has 0 fully saturated rings. The standard InChI is InChI=1S/C19H22F2O2S/c1-12(2)8-9-23-18(22)13(3)14-4-5-16-11-17(24-19(20)21)7-6-15(16)10-14/h4-7,10-13,19H,8-9H2,1-3H3. The summed E-state index contributed by atoms with van der Waals surface area (Å²) in [7, 11) is 0. The van der Waals surface area contributed by atoms with E-state index in [0.717, 1.165) is 22.8 Å². The third kappa shape index (κ3) is 5.20. The van der Waals surface area contributed by atoms with Gasteiger partial charge < -0.3 is 4.74 Å². The molecular weight excluding hydrogens is 330 g/mol. The van der Waals surface area contributed by atoms with Gasteiger partial charge in [0.1, 0.15) is 0 Å². The summed E-state index contributed by atoms with van der Waals surface area (Å²) in [6.07, 6.45) is 0.848. The number of ether oxygens (including phenoxy) is 1. The number of fused-ring (bicyclic) bond motifs is 1. The Morgan fingerprint density at radius 2 is 1.75 bits per heavy atom. The van der Waals surface area contributed by atoms with Gasteiger partial charge >= 0.3 is 5.97 Å². The lowest BCUT2D eigenvalue weighted by atomic mass is 9.98. The first-order chi connectivity index (χ1) is 11.4. The number of thioether (sulfide) groups is 1. The first kappa shape index (κ1) is 18.7. The van der Waals surface area contributed by atoms with Gasteiger partial charge in [0, 0.05) is 4.90 Å². The average molecular weight is 352 g/mol. The van der Waals surface area contributed by atoms with Crippen LogP contribution in [0, 0.1) is 5.92 Å². The highest BCUT2D eigenvalue weighted by molar-refractivity contribution is 7.99. The highest BCUT2D eigenvalue weighted by Crippen LogP contribution is 2.30. The lowest BCUT2D eigenvalue weighted by Gasteiger charge is -2.13. The molecule has 5 heteroatoms. The molecule has 0 heterocycles. The van der Waals surface area contributed by atoms with Gasteiger partial charge in [-0.1, -0.05) is 49.9 Å². The zero-order chi connectivity index (χ0) is 17.7. The van der Waals surface area contributed by atoms with Gasteiger partial charge in [-0.2, -0.15) is 8.78 Å². The highest BCUT2D eigenvalue weighted by Gasteiger charge is 2.17. The van der Waals surface area contributed by atoms with Crippen LogP contribution in [0.25, 0.3) is 10.8 Å². The summed E-state index contributed by atoms with van der Waals surface area (Å²) in [6.45, 7) is 6.42. The second-order valence-corrected chi connectivity index (χ2v) is 7.28. The SMILES string of the molecule is CC(C)CCOC(=O)C(C)c1ccc2cc(SC(F)F)ccc2c1. The summed E-state index contributed by atoms with van der Waals surface area (Å²) in [5.41, 5.74) is 0.867. The molecule has 0 spiro atoms. The number of benzene rings is 2. The Kier molecular flexibility index (Phi) is 6.60. The first-order valence-electron chi connectivity index (χ1n) is 8.02. The van der Waals surface area contributed by atoms with Gasteiger partial charge in [-0.25, -0.2) is 0 Å². The van der Waals surface area contributed by atoms with Crippen LogP contribution in [0.3, 0.4) is 0 Å². The van der Waals surface area contributed by atoms with Gasteiger partial charge in [0.2, 0.25) is 0 Å². The Balaban J connectivity index is 2.10. The van der Waals surface area contributed by atoms with Crippen molar-refractivity contribution in [3.63, 3.8) is 0 Å². The maximum atomic E-state index is 12.4. The molecule has 0 aliphatic rings. The normalized spacial score (nSPS) is 12.8. The minimum absolute atomic E-state index is 0.236. The molecule has 2 aromatic carbocycles. The molecule has 2 rings (SSSR count). The lowest BCUT2D eigenvalue weighted by molar-refractivity contribution is -0.145. The van der Waals surface area contributed by atoms with Crippen LogP contribution >= 0.6 is 11.8 Å². The number of esters is 1. The largest absolute Gasteiger partial charge is 0.465 e. The van der Waals surface area contributed by atoms with E-state index in [2.05, 4.69) is 13.8 Å². The van der Waals surface area contributed by atoms with Crippen molar-refractivity contribution in [3.05, 3.63) is 42.0 Å². The quantitative estimate of drug-likeness (QED) is 0.462. The highest BCUT2D eigenvalue weighted by atomic mass is 32.2. The third-order valence-corrected chi connectivity index (χ3v) is 4.56. The van der Waals surface area contributed by atoms with Gasteiger partial charge in [0.05, 0.1) is 12.5 Å². The van der Waals surface area contributed by atoms with Crippen LogP contribution in [0.5, 0.6) is 0 Å². The van der Waals surface area contributed by atoms with Gasteiger partial charge in [0.15, 0.2) is 0 Å². The van der Waals surface area contributed by atoms with Crippen molar-refractivity contribution >= 4 is 28.5 Å². The number of alkyl halides is 2. The van der Waals surface area contributed by atoms with E-state index in [1.807, 2.05) is 25.1 Å². The molecule has 0 saturated heterocycles. The molecule has 0 aliphatic heterocycles. The van der Waals surface area contributed by atoms with Gasteiger partial charge in [-0.15, -0.1) is 0 Å². The summed E-state index contributed by atoms with van der Waals surface area (Å²) < 4.78 is 30.2. The second-order valence-electron chi connectivity index (χ2n) is 6.22. The Hall–Kier alpha value is -1.62. The number of rotatable bonds is 7. The molecule has 2 aromatic rings. The Morgan fingerprint density at radius 1 is 1.08 bits per heavy atom. The average Bonchev–Trinajstić information content (AvgIpc) is 2.52. The van der Waals surface area contributed by atoms with Crippen molar-refractivity contribution in [2.45, 2.75) is 43.8 Å². The molecular formula is C19H22F2O2S. The Bertz CT molecular complexity index is 701. The van der Waals surface area contributed by atoms with Crippen LogP contribution in [0.2, 0.25) is 0 Å². The third-order valence-electron chi connectivity index (χ3n) is 3.85. The summed E-state index contributed by atoms with van der Waals surface area (Å²) in [5.74, 6) is -2.52. The topological polar surface area (TPSA) is 26.3 Å². The maximum Gasteiger partial charge on any atom is 0.313 e. The monoisotopic (exact) mass is 352 g/mol. The van der Waals surface area contributed by atoms with E-state index in [1.54, 1.807) is 18.2 Å². The van der Waals surface area contributed by atoms with E-state index >= 15 is 0 Å². The molecule has 0 bridgehead atoms. The molecule has 1 unspecified atom stereocenters. The minimum Gasteiger partial charge on any atom is -0.465 e. The molecule has 24 heavy (non-hydrogen) atoms. The zero-order valence-electron chi connectivity index (χ0n) is 14.1. The Morgan fingerprint density at radius 3 is 2.42 bits per heavy atom. The van der Waals surface area contributed by atoms with Crippen molar-refractivity contribution in [2.75, 3.05) is 6.61 Å². The molecule has 0 radical (unpaired) electrons. The fourth-order valence-corrected chi connectivity index (χ4v) is 2.89. The molecule has 0 N–H and O–H groups in total. The molecule has 1 atom stereocenters. The zero-order valence-corrected chi connectivity index (χ0v) is 14.9. The summed E-state index contributed by atoms with van der Waals surface area (Å²) in [4.78, 5) is 12.7. The Labute approximate surface area is 145 Å². The predicted molar refractivity (Wildman–Crippen MR) is 94.6 cm³/mol. The summed E-state index contributed by atoms with van der Waals surface area (Å²) >= 11 is 0.533. The summed E-state index contributed by atoms with van der Waals surface area (Å²) in [5, 5.41) is 1.80. The smallest absolute Gasteiger partial charge is 0.313 e. The first-order valence-corrected chi connectivity index (χ1v) is 8.90. The second kappa shape index (κ2) is 8.47. The van der Waals surface area contributed by atoms with Crippen LogP contribution in [0.15, 0.2) is 41.3 Å². The van der Waals surface area contributed by atoms with Crippen molar-refractivity contribution in [2.24, 2.45) is 5.92 Å². The van der Waals surface area contributed by atoms with Crippen LogP contribution in [0.4, 0.5) is 8.78 Å². The number of halogens is 2. The molecule has 0 aromatic heterocycles. The van der Waals surface area contributed by atoms with Crippen LogP contribution in [0.1, 0.15) is 38.7 Å². The predicted octanol–water partition coefficient (Wildman–Crippen LogP) is 5.85. The van der Waals surface area contributed by atoms with Crippen molar-refractivity contribution in [3.8, 4) is 0 Å². The molecule has 130 valence electrons. The van der Waals surface area contributed by atoms with Crippen molar-refractivity contribution in [1.29, 1.82) is 0 Å². The van der Waals surface area contributed by atoms with Crippen molar-refractivity contribution < 1.29 is 18.3 Å². The number of carbonyl (C=O) groups excluding carboxylic acids is 1. The lowest BCUT2D eigenvalue weighted by Crippen LogP contribution is -2.14. The summed E-state index contributed by atoms with van der Waals surface area (Å²) in [6, 6.07) is 10.8. The van der Waals surface area contributed by atoms with Crippen LogP contribution in [-0.4, -0.2) is 18.3 Å². The van der Waals surface area contributed by atoms with Gasteiger partial charge in [0.25, 0.3) is 5.76 Å². The van der Waals surface area contributed by atoms with E-state index in [4.69, 9.17) is 4.74 Å². The van der Waals surface area contributed by atoms with E-state index in [9.17, 15) is 13.6 Å². The molecule has 2 nitrogen and oxygen atoms in total. The molecule has 0 amide bonds. The fourth-order valence-electron chi connectivity index (χ4n) is 2.34. The van der Waals surface area contributed by atoms with Gasteiger partial charge in [-0.3, -0.25) is 4.79 Å². The number of hydrogen-bond acceptors (Lipinski definition) is 3. The fraction of sp³-hybridized carbons (Fsp3) is 0.421. The van der Waals surface area contributed by atoms with Crippen molar-refractivity contribution in [1.82, 2.24) is 0 Å². The molecule has 0 aliphatic carbocycles. The van der Waals surface area contributed by atoms with E-state index in [-0.39, 0.29) is 11.9 Å². The van der Waals surface area contributed by atoms with E-state index < -0.39 is 5.76 Å².